The zero-order valence-corrected chi connectivity index (χ0v) is 23.0. The monoisotopic (exact) mass is 511 g/mol. The van der Waals surface area contributed by atoms with Crippen molar-refractivity contribution in [1.29, 1.82) is 0 Å². The Morgan fingerprint density at radius 3 is 2.39 bits per heavy atom. The molecule has 0 fully saturated rings. The van der Waals surface area contributed by atoms with Gasteiger partial charge in [-0.3, -0.25) is 4.98 Å². The summed E-state index contributed by atoms with van der Waals surface area (Å²) in [5, 5.41) is 3.52. The Labute approximate surface area is 225 Å². The molecule has 2 atom stereocenters. The average Bonchev–Trinajstić information content (AvgIpc) is 2.89. The summed E-state index contributed by atoms with van der Waals surface area (Å²) in [6.45, 7) is 10.9. The molecular formula is C32H37N3O3. The van der Waals surface area contributed by atoms with Gasteiger partial charge in [0.15, 0.2) is 0 Å². The molecule has 0 N–H and O–H groups in total. The maximum absolute atomic E-state index is 12.4. The largest absolute Gasteiger partial charge is 0.444 e. The minimum atomic E-state index is -0.501. The molecule has 1 aliphatic heterocycles. The number of pyridine rings is 1. The first-order valence-corrected chi connectivity index (χ1v) is 13.2. The van der Waals surface area contributed by atoms with Crippen LogP contribution in [0.15, 0.2) is 78.1 Å². The summed E-state index contributed by atoms with van der Waals surface area (Å²) in [7, 11) is 0. The van der Waals surface area contributed by atoms with Crippen LogP contribution < -0.4 is 0 Å². The topological polar surface area (TPSA) is 71.9 Å². The fraction of sp³-hybridized carbons (Fsp3) is 0.375. The molecule has 6 nitrogen and oxygen atoms in total. The summed E-state index contributed by atoms with van der Waals surface area (Å²) in [6.07, 6.45) is 4.93. The lowest BCUT2D eigenvalue weighted by molar-refractivity contribution is 0.0270. The molecule has 0 spiro atoms. The van der Waals surface area contributed by atoms with Crippen molar-refractivity contribution in [2.45, 2.75) is 65.0 Å². The molecule has 0 saturated heterocycles. The Morgan fingerprint density at radius 2 is 1.79 bits per heavy atom. The van der Waals surface area contributed by atoms with Gasteiger partial charge >= 0.3 is 6.09 Å². The van der Waals surface area contributed by atoms with Crippen molar-refractivity contribution in [2.24, 2.45) is 5.18 Å². The van der Waals surface area contributed by atoms with Crippen LogP contribution in [0.3, 0.4) is 0 Å². The molecule has 0 bridgehead atoms. The standard InChI is InChI=1S/C32H37N3O3/c1-22-8-6-7-9-28(22)29(21-30(34-37)27-14-17-33-23(2)20-27)26-12-10-24(11-13-26)25-15-18-35(19-16-25)31(36)38-32(3,4)5/h6-15,17,20,29-30H,16,18-19,21H2,1-5H3. The maximum Gasteiger partial charge on any atom is 0.410 e. The highest BCUT2D eigenvalue weighted by Gasteiger charge is 2.25. The predicted molar refractivity (Wildman–Crippen MR) is 152 cm³/mol. The molecular weight excluding hydrogens is 474 g/mol. The third kappa shape index (κ3) is 6.74. The number of nitrogens with zero attached hydrogens (tertiary/aromatic N) is 3. The van der Waals surface area contributed by atoms with Crippen LogP contribution in [0.4, 0.5) is 4.79 Å². The van der Waals surface area contributed by atoms with Crippen LogP contribution in [0.1, 0.15) is 79.1 Å². The lowest BCUT2D eigenvalue weighted by Gasteiger charge is -2.29. The molecule has 2 aromatic carbocycles. The second kappa shape index (κ2) is 11.7. The lowest BCUT2D eigenvalue weighted by atomic mass is 9.82. The second-order valence-corrected chi connectivity index (χ2v) is 11.0. The minimum Gasteiger partial charge on any atom is -0.444 e. The fourth-order valence-corrected chi connectivity index (χ4v) is 5.01. The van der Waals surface area contributed by atoms with Crippen LogP contribution in [0, 0.1) is 18.8 Å². The third-order valence-electron chi connectivity index (χ3n) is 7.00. The Morgan fingerprint density at radius 1 is 1.05 bits per heavy atom. The van der Waals surface area contributed by atoms with Crippen LogP contribution in [-0.4, -0.2) is 34.7 Å². The van der Waals surface area contributed by atoms with Gasteiger partial charge in [0.2, 0.25) is 0 Å². The van der Waals surface area contributed by atoms with E-state index in [1.807, 2.05) is 52.0 Å². The van der Waals surface area contributed by atoms with E-state index in [0.717, 1.165) is 28.8 Å². The highest BCUT2D eigenvalue weighted by Crippen LogP contribution is 2.38. The Hall–Kier alpha value is -3.80. The Bertz CT molecular complexity index is 1310. The first kappa shape index (κ1) is 27.2. The van der Waals surface area contributed by atoms with E-state index in [9.17, 15) is 9.70 Å². The van der Waals surface area contributed by atoms with Crippen molar-refractivity contribution < 1.29 is 9.53 Å². The van der Waals surface area contributed by atoms with Crippen LogP contribution >= 0.6 is 0 Å². The molecule has 2 heterocycles. The summed E-state index contributed by atoms with van der Waals surface area (Å²) >= 11 is 0. The van der Waals surface area contributed by atoms with E-state index >= 15 is 0 Å². The Kier molecular flexibility index (Phi) is 8.40. The van der Waals surface area contributed by atoms with E-state index in [-0.39, 0.29) is 12.0 Å². The van der Waals surface area contributed by atoms with E-state index in [2.05, 4.69) is 59.6 Å². The van der Waals surface area contributed by atoms with Gasteiger partial charge in [0.05, 0.1) is 0 Å². The number of hydrogen-bond donors (Lipinski definition) is 0. The molecule has 4 rings (SSSR count). The Balaban J connectivity index is 1.56. The number of carbonyl (C=O) groups excluding carboxylic acids is 1. The molecule has 1 aliphatic rings. The first-order valence-electron chi connectivity index (χ1n) is 13.2. The van der Waals surface area contributed by atoms with E-state index in [0.29, 0.717) is 19.5 Å². The maximum atomic E-state index is 12.4. The smallest absolute Gasteiger partial charge is 0.410 e. The number of benzene rings is 2. The summed E-state index contributed by atoms with van der Waals surface area (Å²) in [5.74, 6) is 0.0180. The average molecular weight is 512 g/mol. The van der Waals surface area contributed by atoms with Crippen molar-refractivity contribution in [3.8, 4) is 0 Å². The lowest BCUT2D eigenvalue weighted by Crippen LogP contribution is -2.39. The summed E-state index contributed by atoms with van der Waals surface area (Å²) in [5.41, 5.74) is 7.18. The van der Waals surface area contributed by atoms with Crippen molar-refractivity contribution in [1.82, 2.24) is 9.88 Å². The molecule has 0 aliphatic carbocycles. The second-order valence-electron chi connectivity index (χ2n) is 11.0. The normalized spacial score (nSPS) is 15.4. The molecule has 38 heavy (non-hydrogen) atoms. The van der Waals surface area contributed by atoms with Crippen molar-refractivity contribution in [3.63, 3.8) is 0 Å². The van der Waals surface area contributed by atoms with Crippen LogP contribution in [-0.2, 0) is 4.74 Å². The number of amides is 1. The van der Waals surface area contributed by atoms with Crippen molar-refractivity contribution in [3.05, 3.63) is 111 Å². The van der Waals surface area contributed by atoms with Gasteiger partial charge < -0.3 is 9.64 Å². The van der Waals surface area contributed by atoms with E-state index < -0.39 is 11.6 Å². The quantitative estimate of drug-likeness (QED) is 0.304. The number of nitroso groups, excluding NO2 is 1. The van der Waals surface area contributed by atoms with Gasteiger partial charge in [0, 0.05) is 30.9 Å². The van der Waals surface area contributed by atoms with Gasteiger partial charge in [-0.05, 0) is 93.0 Å². The molecule has 3 aromatic rings. The minimum absolute atomic E-state index is 0.0180. The third-order valence-corrected chi connectivity index (χ3v) is 7.00. The van der Waals surface area contributed by atoms with Gasteiger partial charge in [0.1, 0.15) is 11.6 Å². The van der Waals surface area contributed by atoms with Crippen LogP contribution in [0.2, 0.25) is 0 Å². The molecule has 0 radical (unpaired) electrons. The first-order chi connectivity index (χ1) is 18.1. The van der Waals surface area contributed by atoms with Gasteiger partial charge in [0.25, 0.3) is 0 Å². The fourth-order valence-electron chi connectivity index (χ4n) is 5.01. The number of aryl methyl sites for hydroxylation is 2. The van der Waals surface area contributed by atoms with E-state index in [4.69, 9.17) is 4.74 Å². The molecule has 198 valence electrons. The molecule has 1 aromatic heterocycles. The van der Waals surface area contributed by atoms with Crippen LogP contribution in [0.5, 0.6) is 0 Å². The zero-order chi connectivity index (χ0) is 27.3. The van der Waals surface area contributed by atoms with Crippen LogP contribution in [0.25, 0.3) is 5.57 Å². The van der Waals surface area contributed by atoms with Gasteiger partial charge in [-0.25, -0.2) is 4.79 Å². The van der Waals surface area contributed by atoms with E-state index in [1.165, 1.54) is 16.7 Å². The highest BCUT2D eigenvalue weighted by atomic mass is 16.6. The predicted octanol–water partition coefficient (Wildman–Crippen LogP) is 7.75. The summed E-state index contributed by atoms with van der Waals surface area (Å²) in [4.78, 5) is 30.4. The SMILES string of the molecule is Cc1cc(C(CC(c2ccc(C3=CCN(C(=O)OC(C)(C)C)CC3)cc2)c2ccccc2C)N=O)ccn1. The summed E-state index contributed by atoms with van der Waals surface area (Å²) in [6, 6.07) is 20.3. The van der Waals surface area contributed by atoms with Gasteiger partial charge in [-0.15, -0.1) is 0 Å². The zero-order valence-electron chi connectivity index (χ0n) is 23.0. The van der Waals surface area contributed by atoms with E-state index in [1.54, 1.807) is 11.1 Å². The highest BCUT2D eigenvalue weighted by molar-refractivity contribution is 5.73. The summed E-state index contributed by atoms with van der Waals surface area (Å²) < 4.78 is 5.52. The molecule has 0 saturated carbocycles. The number of aromatic nitrogens is 1. The number of carbonyl (C=O) groups is 1. The van der Waals surface area contributed by atoms with Crippen molar-refractivity contribution in [2.75, 3.05) is 13.1 Å². The van der Waals surface area contributed by atoms with Crippen molar-refractivity contribution >= 4 is 11.7 Å². The molecule has 6 heteroatoms. The van der Waals surface area contributed by atoms with Gasteiger partial charge in [-0.1, -0.05) is 59.8 Å². The molecule has 1 amide bonds. The number of rotatable bonds is 7. The van der Waals surface area contributed by atoms with Gasteiger partial charge in [-0.2, -0.15) is 4.91 Å². The molecule has 2 unspecified atom stereocenters. The number of hydrogen-bond acceptors (Lipinski definition) is 5. The number of ether oxygens (including phenoxy) is 1.